The van der Waals surface area contributed by atoms with E-state index >= 15 is 0 Å². The number of hydrogen-bond acceptors (Lipinski definition) is 4. The van der Waals surface area contributed by atoms with E-state index in [-0.39, 0.29) is 11.3 Å². The lowest BCUT2D eigenvalue weighted by Crippen LogP contribution is -2.29. The lowest BCUT2D eigenvalue weighted by molar-refractivity contribution is 0.296. The van der Waals surface area contributed by atoms with Crippen molar-refractivity contribution in [1.82, 2.24) is 5.32 Å². The number of ether oxygens (including phenoxy) is 2. The van der Waals surface area contributed by atoms with Crippen LogP contribution in [0.1, 0.15) is 44.7 Å². The third-order valence-corrected chi connectivity index (χ3v) is 5.92. The summed E-state index contributed by atoms with van der Waals surface area (Å²) in [6.45, 7) is 6.44. The molecule has 116 valence electrons. The van der Waals surface area contributed by atoms with Crippen LogP contribution < -0.4 is 14.8 Å². The number of rotatable bonds is 4. The van der Waals surface area contributed by atoms with Gasteiger partial charge in [0.1, 0.15) is 0 Å². The van der Waals surface area contributed by atoms with E-state index in [2.05, 4.69) is 19.2 Å². The van der Waals surface area contributed by atoms with Gasteiger partial charge in [-0.05, 0) is 24.6 Å². The summed E-state index contributed by atoms with van der Waals surface area (Å²) < 4.78 is 24.3. The highest BCUT2D eigenvalue weighted by atomic mass is 32.2. The molecule has 0 bridgehead atoms. The summed E-state index contributed by atoms with van der Waals surface area (Å²) in [6, 6.07) is 4.13. The van der Waals surface area contributed by atoms with Gasteiger partial charge < -0.3 is 14.8 Å². The van der Waals surface area contributed by atoms with Gasteiger partial charge in [-0.15, -0.1) is 0 Å². The Morgan fingerprint density at radius 2 is 1.95 bits per heavy atom. The van der Waals surface area contributed by atoms with Crippen LogP contribution >= 0.6 is 0 Å². The van der Waals surface area contributed by atoms with Crippen LogP contribution in [0.15, 0.2) is 17.0 Å². The van der Waals surface area contributed by atoms with Crippen LogP contribution in [0.2, 0.25) is 0 Å². The molecule has 1 N–H and O–H groups in total. The Balaban J connectivity index is 2.02. The molecule has 2 aliphatic heterocycles. The van der Waals surface area contributed by atoms with Crippen molar-refractivity contribution in [2.24, 2.45) is 0 Å². The molecule has 3 unspecified atom stereocenters. The summed E-state index contributed by atoms with van der Waals surface area (Å²) in [5.41, 5.74) is 1.12. The van der Waals surface area contributed by atoms with Crippen molar-refractivity contribution in [1.29, 1.82) is 0 Å². The second-order valence-electron chi connectivity index (χ2n) is 5.55. The predicted octanol–water partition coefficient (Wildman–Crippen LogP) is 2.79. The third kappa shape index (κ3) is 2.69. The molecule has 2 heterocycles. The molecule has 0 saturated heterocycles. The highest BCUT2D eigenvalue weighted by Gasteiger charge is 2.39. The Kier molecular flexibility index (Phi) is 4.50. The molecule has 21 heavy (non-hydrogen) atoms. The summed E-state index contributed by atoms with van der Waals surface area (Å²) in [5, 5.41) is 3.65. The molecule has 0 spiro atoms. The topological polar surface area (TPSA) is 47.6 Å². The maximum absolute atomic E-state index is 12.8. The summed E-state index contributed by atoms with van der Waals surface area (Å²) in [7, 11) is -0.969. The molecule has 0 fully saturated rings. The van der Waals surface area contributed by atoms with E-state index < -0.39 is 10.8 Å². The molecule has 1 aromatic rings. The fraction of sp³-hybridized carbons (Fsp3) is 0.625. The average molecular weight is 309 g/mol. The van der Waals surface area contributed by atoms with Gasteiger partial charge in [0.05, 0.1) is 29.3 Å². The minimum atomic E-state index is -0.969. The average Bonchev–Trinajstić information content (AvgIpc) is 2.67. The van der Waals surface area contributed by atoms with E-state index in [0.717, 1.165) is 47.8 Å². The minimum absolute atomic E-state index is 0.149. The lowest BCUT2D eigenvalue weighted by Gasteiger charge is -2.19. The maximum atomic E-state index is 12.8. The zero-order valence-electron chi connectivity index (χ0n) is 12.7. The summed E-state index contributed by atoms with van der Waals surface area (Å²) >= 11 is 0. The van der Waals surface area contributed by atoms with Crippen LogP contribution in [0.25, 0.3) is 0 Å². The van der Waals surface area contributed by atoms with E-state index in [9.17, 15) is 4.21 Å². The number of fused-ring (bicyclic) bond motifs is 2. The SMILES string of the molecule is CCCC1C(NCC)c2cc3c(cc2S1=O)OCCCO3. The number of nitrogens with one attached hydrogen (secondary N) is 1. The molecule has 4 nitrogen and oxygen atoms in total. The summed E-state index contributed by atoms with van der Waals surface area (Å²) in [4.78, 5) is 0.920. The van der Waals surface area contributed by atoms with Gasteiger partial charge in [-0.3, -0.25) is 4.21 Å². The molecule has 0 amide bonds. The van der Waals surface area contributed by atoms with Gasteiger partial charge in [0.25, 0.3) is 0 Å². The molecule has 0 aromatic heterocycles. The maximum Gasteiger partial charge on any atom is 0.162 e. The normalized spacial score (nSPS) is 27.2. The van der Waals surface area contributed by atoms with Crippen LogP contribution in [0, 0.1) is 0 Å². The van der Waals surface area contributed by atoms with Crippen molar-refractivity contribution < 1.29 is 13.7 Å². The first-order valence-electron chi connectivity index (χ1n) is 7.83. The van der Waals surface area contributed by atoms with Crippen LogP contribution in [0.4, 0.5) is 0 Å². The molecule has 0 aliphatic carbocycles. The first kappa shape index (κ1) is 14.9. The van der Waals surface area contributed by atoms with Gasteiger partial charge in [-0.25, -0.2) is 0 Å². The van der Waals surface area contributed by atoms with Gasteiger partial charge in [-0.1, -0.05) is 20.3 Å². The van der Waals surface area contributed by atoms with Crippen molar-refractivity contribution in [3.63, 3.8) is 0 Å². The molecule has 3 atom stereocenters. The van der Waals surface area contributed by atoms with Gasteiger partial charge in [0.2, 0.25) is 0 Å². The first-order chi connectivity index (χ1) is 10.3. The van der Waals surface area contributed by atoms with Crippen LogP contribution in [0.3, 0.4) is 0 Å². The second-order valence-corrected chi connectivity index (χ2v) is 7.19. The summed E-state index contributed by atoms with van der Waals surface area (Å²) in [5.74, 6) is 1.54. The highest BCUT2D eigenvalue weighted by molar-refractivity contribution is 7.86. The molecular formula is C16H23NO3S. The van der Waals surface area contributed by atoms with Crippen molar-refractivity contribution in [3.8, 4) is 11.5 Å². The van der Waals surface area contributed by atoms with Gasteiger partial charge >= 0.3 is 0 Å². The van der Waals surface area contributed by atoms with E-state index in [0.29, 0.717) is 13.2 Å². The van der Waals surface area contributed by atoms with E-state index in [1.165, 1.54) is 0 Å². The highest BCUT2D eigenvalue weighted by Crippen LogP contribution is 2.44. The Hall–Kier alpha value is -1.07. The number of hydrogen-bond donors (Lipinski definition) is 1. The quantitative estimate of drug-likeness (QED) is 0.929. The molecule has 5 heteroatoms. The fourth-order valence-corrected chi connectivity index (χ4v) is 5.04. The first-order valence-corrected chi connectivity index (χ1v) is 9.05. The molecule has 0 radical (unpaired) electrons. The molecule has 3 rings (SSSR count). The molecule has 1 aromatic carbocycles. The minimum Gasteiger partial charge on any atom is -0.490 e. The standard InChI is InChI=1S/C16H23NO3S/c1-3-6-14-16(17-4-2)11-9-12-13(10-15(11)21(14)18)20-8-5-7-19-12/h9-10,14,16-17H,3-8H2,1-2H3. The fourth-order valence-electron chi connectivity index (χ4n) is 3.13. The van der Waals surface area contributed by atoms with Crippen LogP contribution in [0.5, 0.6) is 11.5 Å². The third-order valence-electron chi connectivity index (χ3n) is 4.08. The van der Waals surface area contributed by atoms with E-state index in [1.807, 2.05) is 12.1 Å². The Morgan fingerprint density at radius 3 is 2.62 bits per heavy atom. The predicted molar refractivity (Wildman–Crippen MR) is 83.6 cm³/mol. The Labute approximate surface area is 128 Å². The van der Waals surface area contributed by atoms with Gasteiger partial charge in [-0.2, -0.15) is 0 Å². The molecular weight excluding hydrogens is 286 g/mol. The van der Waals surface area contributed by atoms with Crippen LogP contribution in [-0.4, -0.2) is 29.2 Å². The van der Waals surface area contributed by atoms with Crippen molar-refractivity contribution in [2.45, 2.75) is 49.3 Å². The monoisotopic (exact) mass is 309 g/mol. The molecule has 2 aliphatic rings. The molecule has 0 saturated carbocycles. The lowest BCUT2D eigenvalue weighted by atomic mass is 10.0. The number of benzene rings is 1. The van der Waals surface area contributed by atoms with Crippen molar-refractivity contribution in [2.75, 3.05) is 19.8 Å². The van der Waals surface area contributed by atoms with Gasteiger partial charge in [0, 0.05) is 23.4 Å². The zero-order chi connectivity index (χ0) is 14.8. The summed E-state index contributed by atoms with van der Waals surface area (Å²) in [6.07, 6.45) is 2.89. The van der Waals surface area contributed by atoms with Crippen molar-refractivity contribution in [3.05, 3.63) is 17.7 Å². The largest absolute Gasteiger partial charge is 0.490 e. The second kappa shape index (κ2) is 6.36. The van der Waals surface area contributed by atoms with E-state index in [1.54, 1.807) is 0 Å². The smallest absolute Gasteiger partial charge is 0.162 e. The van der Waals surface area contributed by atoms with Gasteiger partial charge in [0.15, 0.2) is 11.5 Å². The Morgan fingerprint density at radius 1 is 1.24 bits per heavy atom. The zero-order valence-corrected chi connectivity index (χ0v) is 13.5. The van der Waals surface area contributed by atoms with E-state index in [4.69, 9.17) is 9.47 Å². The van der Waals surface area contributed by atoms with Crippen molar-refractivity contribution >= 4 is 10.8 Å². The Bertz CT molecular complexity index is 547. The van der Waals surface area contributed by atoms with Crippen LogP contribution in [-0.2, 0) is 10.8 Å².